The summed E-state index contributed by atoms with van der Waals surface area (Å²) in [6.07, 6.45) is 3.98. The number of rotatable bonds is 8. The van der Waals surface area contributed by atoms with Crippen LogP contribution >= 0.6 is 24.0 Å². The molecule has 0 saturated carbocycles. The fourth-order valence-electron chi connectivity index (χ4n) is 3.18. The van der Waals surface area contributed by atoms with Gasteiger partial charge in [-0.05, 0) is 30.5 Å². The van der Waals surface area contributed by atoms with E-state index in [-0.39, 0.29) is 35.8 Å². The summed E-state index contributed by atoms with van der Waals surface area (Å²) in [7, 11) is 3.84. The van der Waals surface area contributed by atoms with Gasteiger partial charge >= 0.3 is 0 Å². The van der Waals surface area contributed by atoms with Gasteiger partial charge in [0.05, 0.1) is 19.3 Å². The van der Waals surface area contributed by atoms with E-state index in [2.05, 4.69) is 26.7 Å². The third kappa shape index (κ3) is 7.75. The van der Waals surface area contributed by atoms with Crippen molar-refractivity contribution in [2.24, 2.45) is 4.99 Å². The number of hydrogen-bond donors (Lipinski definition) is 1. The van der Waals surface area contributed by atoms with E-state index in [1.807, 2.05) is 25.3 Å². The zero-order chi connectivity index (χ0) is 18.8. The van der Waals surface area contributed by atoms with E-state index in [0.717, 1.165) is 57.2 Å². The molecule has 1 unspecified atom stereocenters. The molecule has 0 amide bonds. The van der Waals surface area contributed by atoms with Crippen molar-refractivity contribution in [2.75, 3.05) is 53.5 Å². The molecule has 1 fully saturated rings. The van der Waals surface area contributed by atoms with Crippen molar-refractivity contribution in [3.63, 3.8) is 0 Å². The summed E-state index contributed by atoms with van der Waals surface area (Å²) >= 11 is 0. The van der Waals surface area contributed by atoms with Crippen LogP contribution in [-0.2, 0) is 4.74 Å². The van der Waals surface area contributed by atoms with Crippen LogP contribution in [-0.4, -0.2) is 69.2 Å². The molecule has 1 atom stereocenters. The molecule has 1 aliphatic heterocycles. The summed E-state index contributed by atoms with van der Waals surface area (Å²) < 4.78 is 18.8. The van der Waals surface area contributed by atoms with Gasteiger partial charge in [-0.15, -0.1) is 30.6 Å². The minimum atomic E-state index is -0.208. The van der Waals surface area contributed by atoms with Crippen LogP contribution in [0.5, 0.6) is 0 Å². The van der Waals surface area contributed by atoms with Crippen molar-refractivity contribution in [3.05, 3.63) is 48.3 Å². The van der Waals surface area contributed by atoms with Gasteiger partial charge in [0.2, 0.25) is 0 Å². The quantitative estimate of drug-likeness (QED) is 0.200. The Morgan fingerprint density at radius 3 is 2.63 bits per heavy atom. The Hall–Kier alpha value is -1.19. The first-order valence-corrected chi connectivity index (χ1v) is 9.25. The van der Waals surface area contributed by atoms with E-state index < -0.39 is 0 Å². The molecular formula is C20H32FIN4O. The lowest BCUT2D eigenvalue weighted by Crippen LogP contribution is -2.46. The van der Waals surface area contributed by atoms with Crippen molar-refractivity contribution >= 4 is 29.9 Å². The van der Waals surface area contributed by atoms with Crippen LogP contribution in [0.1, 0.15) is 24.4 Å². The first-order valence-electron chi connectivity index (χ1n) is 9.25. The predicted molar refractivity (Wildman–Crippen MR) is 120 cm³/mol. The highest BCUT2D eigenvalue weighted by Gasteiger charge is 2.23. The Kier molecular flexibility index (Phi) is 11.5. The molecule has 0 radical (unpaired) electrons. The van der Waals surface area contributed by atoms with E-state index in [9.17, 15) is 4.39 Å². The number of allylic oxidation sites excluding steroid dienone is 1. The number of guanidine groups is 1. The maximum Gasteiger partial charge on any atom is 0.193 e. The highest BCUT2D eigenvalue weighted by Crippen LogP contribution is 2.21. The molecular weight excluding hydrogens is 458 g/mol. The molecule has 1 aromatic rings. The van der Waals surface area contributed by atoms with Crippen molar-refractivity contribution in [1.82, 2.24) is 15.1 Å². The summed E-state index contributed by atoms with van der Waals surface area (Å²) in [5.41, 5.74) is 1.10. The highest BCUT2D eigenvalue weighted by molar-refractivity contribution is 14.0. The van der Waals surface area contributed by atoms with E-state index in [0.29, 0.717) is 6.54 Å². The summed E-state index contributed by atoms with van der Waals surface area (Å²) in [6.45, 7) is 8.61. The Balaban J connectivity index is 0.00000364. The third-order valence-electron chi connectivity index (χ3n) is 4.67. The van der Waals surface area contributed by atoms with Crippen molar-refractivity contribution in [3.8, 4) is 0 Å². The topological polar surface area (TPSA) is 40.1 Å². The fourth-order valence-corrected chi connectivity index (χ4v) is 3.18. The van der Waals surface area contributed by atoms with Gasteiger partial charge in [0.1, 0.15) is 5.82 Å². The van der Waals surface area contributed by atoms with Gasteiger partial charge in [-0.1, -0.05) is 18.2 Å². The van der Waals surface area contributed by atoms with E-state index in [4.69, 9.17) is 4.74 Å². The average Bonchev–Trinajstić information content (AvgIpc) is 2.67. The Bertz CT molecular complexity index is 576. The SMILES string of the molecule is C=CCCCN(C)C(=NC)NCC(c1ccc(F)cc1)N1CCOCC1.I. The van der Waals surface area contributed by atoms with Gasteiger partial charge in [-0.3, -0.25) is 9.89 Å². The van der Waals surface area contributed by atoms with Gasteiger partial charge in [0.15, 0.2) is 5.96 Å². The minimum Gasteiger partial charge on any atom is -0.379 e. The van der Waals surface area contributed by atoms with Gasteiger partial charge in [-0.2, -0.15) is 0 Å². The minimum absolute atomic E-state index is 0. The van der Waals surface area contributed by atoms with Gasteiger partial charge < -0.3 is 15.0 Å². The molecule has 152 valence electrons. The normalized spacial score (nSPS) is 16.3. The smallest absolute Gasteiger partial charge is 0.193 e. The maximum atomic E-state index is 13.3. The zero-order valence-electron chi connectivity index (χ0n) is 16.4. The summed E-state index contributed by atoms with van der Waals surface area (Å²) in [5, 5.41) is 3.48. The first kappa shape index (κ1) is 23.8. The second kappa shape index (κ2) is 13.1. The standard InChI is InChI=1S/C20H31FN4O.HI/c1-4-5-6-11-24(3)20(22-2)23-16-19(25-12-14-26-15-13-25)17-7-9-18(21)10-8-17;/h4,7-10,19H,1,5-6,11-16H2,2-3H3,(H,22,23);1H. The number of unbranched alkanes of at least 4 members (excludes halogenated alkanes) is 1. The number of nitrogens with zero attached hydrogens (tertiary/aromatic N) is 3. The Labute approximate surface area is 179 Å². The molecule has 1 aliphatic rings. The summed E-state index contributed by atoms with van der Waals surface area (Å²) in [6, 6.07) is 6.94. The number of nitrogens with one attached hydrogen (secondary N) is 1. The van der Waals surface area contributed by atoms with Crippen LogP contribution in [0.2, 0.25) is 0 Å². The molecule has 1 aromatic carbocycles. The van der Waals surface area contributed by atoms with Gasteiger partial charge in [0, 0.05) is 40.3 Å². The van der Waals surface area contributed by atoms with Crippen LogP contribution in [0.25, 0.3) is 0 Å². The molecule has 0 aromatic heterocycles. The molecule has 1 heterocycles. The number of ether oxygens (including phenoxy) is 1. The largest absolute Gasteiger partial charge is 0.379 e. The van der Waals surface area contributed by atoms with E-state index in [1.54, 1.807) is 7.05 Å². The van der Waals surface area contributed by atoms with Crippen LogP contribution < -0.4 is 5.32 Å². The predicted octanol–water partition coefficient (Wildman–Crippen LogP) is 3.29. The maximum absolute atomic E-state index is 13.3. The lowest BCUT2D eigenvalue weighted by molar-refractivity contribution is 0.0169. The molecule has 1 N–H and O–H groups in total. The Morgan fingerprint density at radius 1 is 1.37 bits per heavy atom. The number of morpholine rings is 1. The number of hydrogen-bond acceptors (Lipinski definition) is 3. The van der Waals surface area contributed by atoms with Crippen LogP contribution in [0, 0.1) is 5.82 Å². The number of halogens is 2. The van der Waals surface area contributed by atoms with Gasteiger partial charge in [-0.25, -0.2) is 4.39 Å². The lowest BCUT2D eigenvalue weighted by atomic mass is 10.0. The monoisotopic (exact) mass is 490 g/mol. The summed E-state index contributed by atoms with van der Waals surface area (Å²) in [5.74, 6) is 0.662. The van der Waals surface area contributed by atoms with Crippen LogP contribution in [0.4, 0.5) is 4.39 Å². The molecule has 0 bridgehead atoms. The molecule has 27 heavy (non-hydrogen) atoms. The second-order valence-corrected chi connectivity index (χ2v) is 6.50. The van der Waals surface area contributed by atoms with Crippen molar-refractivity contribution < 1.29 is 9.13 Å². The summed E-state index contributed by atoms with van der Waals surface area (Å²) in [4.78, 5) is 8.91. The Morgan fingerprint density at radius 2 is 2.04 bits per heavy atom. The zero-order valence-corrected chi connectivity index (χ0v) is 18.7. The van der Waals surface area contributed by atoms with Gasteiger partial charge in [0.25, 0.3) is 0 Å². The number of aliphatic imine (C=N–C) groups is 1. The molecule has 0 aliphatic carbocycles. The fraction of sp³-hybridized carbons (Fsp3) is 0.550. The van der Waals surface area contributed by atoms with E-state index >= 15 is 0 Å². The second-order valence-electron chi connectivity index (χ2n) is 6.50. The van der Waals surface area contributed by atoms with E-state index in [1.165, 1.54) is 12.1 Å². The van der Waals surface area contributed by atoms with Crippen LogP contribution in [0.3, 0.4) is 0 Å². The lowest BCUT2D eigenvalue weighted by Gasteiger charge is -2.35. The van der Waals surface area contributed by atoms with Crippen molar-refractivity contribution in [1.29, 1.82) is 0 Å². The molecule has 5 nitrogen and oxygen atoms in total. The highest BCUT2D eigenvalue weighted by atomic mass is 127. The molecule has 1 saturated heterocycles. The number of benzene rings is 1. The third-order valence-corrected chi connectivity index (χ3v) is 4.67. The average molecular weight is 490 g/mol. The molecule has 2 rings (SSSR count). The molecule has 0 spiro atoms. The molecule has 7 heteroatoms. The van der Waals surface area contributed by atoms with Crippen LogP contribution in [0.15, 0.2) is 41.9 Å². The first-order chi connectivity index (χ1) is 12.7. The van der Waals surface area contributed by atoms with Crippen molar-refractivity contribution in [2.45, 2.75) is 18.9 Å².